The zero-order valence-electron chi connectivity index (χ0n) is 15.5. The first-order valence-electron chi connectivity index (χ1n) is 8.48. The topological polar surface area (TPSA) is 75.7 Å². The van der Waals surface area contributed by atoms with Gasteiger partial charge in [-0.1, -0.05) is 23.8 Å². The highest BCUT2D eigenvalue weighted by Crippen LogP contribution is 2.26. The molecule has 1 aromatic heterocycles. The number of nitrogens with one attached hydrogen (secondary N) is 1. The minimum Gasteiger partial charge on any atom is -0.484 e. The van der Waals surface area contributed by atoms with Gasteiger partial charge in [-0.2, -0.15) is 0 Å². The highest BCUT2D eigenvalue weighted by Gasteiger charge is 2.22. The van der Waals surface area contributed by atoms with E-state index < -0.39 is 10.0 Å². The van der Waals surface area contributed by atoms with Gasteiger partial charge in [-0.15, -0.1) is 11.3 Å². The van der Waals surface area contributed by atoms with Crippen molar-refractivity contribution < 1.29 is 17.9 Å². The summed E-state index contributed by atoms with van der Waals surface area (Å²) in [5.41, 5.74) is 2.32. The Hall–Kier alpha value is -2.84. The van der Waals surface area contributed by atoms with E-state index in [2.05, 4.69) is 5.32 Å². The molecule has 0 saturated carbocycles. The van der Waals surface area contributed by atoms with Gasteiger partial charge in [0.15, 0.2) is 6.61 Å². The zero-order valence-corrected chi connectivity index (χ0v) is 17.1. The number of anilines is 2. The molecule has 0 spiro atoms. The molecule has 3 aromatic rings. The highest BCUT2D eigenvalue weighted by atomic mass is 32.2. The van der Waals surface area contributed by atoms with Gasteiger partial charge in [0.1, 0.15) is 9.96 Å². The molecule has 0 aliphatic rings. The number of nitrogens with zero attached hydrogens (tertiary/aromatic N) is 1. The van der Waals surface area contributed by atoms with Gasteiger partial charge >= 0.3 is 0 Å². The van der Waals surface area contributed by atoms with Crippen molar-refractivity contribution in [3.05, 3.63) is 71.6 Å². The van der Waals surface area contributed by atoms with Crippen LogP contribution in [0.25, 0.3) is 0 Å². The fourth-order valence-corrected chi connectivity index (χ4v) is 4.78. The molecule has 0 bridgehead atoms. The van der Waals surface area contributed by atoms with E-state index in [9.17, 15) is 13.2 Å². The van der Waals surface area contributed by atoms with Crippen LogP contribution in [0, 0.1) is 6.92 Å². The molecule has 2 aromatic carbocycles. The third-order valence-corrected chi connectivity index (χ3v) is 7.17. The summed E-state index contributed by atoms with van der Waals surface area (Å²) in [5, 5.41) is 4.48. The molecule has 28 heavy (non-hydrogen) atoms. The van der Waals surface area contributed by atoms with Crippen LogP contribution in [0.2, 0.25) is 0 Å². The highest BCUT2D eigenvalue weighted by molar-refractivity contribution is 7.94. The Morgan fingerprint density at radius 1 is 1.07 bits per heavy atom. The Balaban J connectivity index is 1.58. The Morgan fingerprint density at radius 3 is 2.36 bits per heavy atom. The molecule has 0 aliphatic heterocycles. The lowest BCUT2D eigenvalue weighted by molar-refractivity contribution is -0.118. The van der Waals surface area contributed by atoms with Crippen LogP contribution in [0.4, 0.5) is 11.4 Å². The van der Waals surface area contributed by atoms with E-state index in [0.717, 1.165) is 5.56 Å². The van der Waals surface area contributed by atoms with Gasteiger partial charge in [0, 0.05) is 12.7 Å². The van der Waals surface area contributed by atoms with Crippen LogP contribution >= 0.6 is 11.3 Å². The number of amides is 1. The number of benzene rings is 2. The molecule has 1 N–H and O–H groups in total. The van der Waals surface area contributed by atoms with E-state index in [1.165, 1.54) is 22.7 Å². The fourth-order valence-electron chi connectivity index (χ4n) is 2.42. The quantitative estimate of drug-likeness (QED) is 0.634. The summed E-state index contributed by atoms with van der Waals surface area (Å²) in [6.07, 6.45) is 0. The average Bonchev–Trinajstić information content (AvgIpc) is 3.24. The Kier molecular flexibility index (Phi) is 6.01. The maximum Gasteiger partial charge on any atom is 0.273 e. The van der Waals surface area contributed by atoms with Crippen molar-refractivity contribution in [3.8, 4) is 5.75 Å². The largest absolute Gasteiger partial charge is 0.484 e. The third kappa shape index (κ3) is 4.71. The molecule has 0 radical (unpaired) electrons. The number of ether oxygens (including phenoxy) is 1. The zero-order chi connectivity index (χ0) is 20.1. The predicted octanol–water partition coefficient (Wildman–Crippen LogP) is 3.90. The summed E-state index contributed by atoms with van der Waals surface area (Å²) < 4.78 is 32.1. The molecule has 6 nitrogen and oxygen atoms in total. The molecule has 146 valence electrons. The van der Waals surface area contributed by atoms with Crippen molar-refractivity contribution in [1.29, 1.82) is 0 Å². The molecule has 3 rings (SSSR count). The number of carbonyl (C=O) groups excluding carboxylic acids is 1. The monoisotopic (exact) mass is 416 g/mol. The van der Waals surface area contributed by atoms with E-state index in [4.69, 9.17) is 4.74 Å². The van der Waals surface area contributed by atoms with Crippen LogP contribution in [-0.4, -0.2) is 28.0 Å². The molecule has 0 atom stereocenters. The van der Waals surface area contributed by atoms with E-state index in [1.807, 2.05) is 31.2 Å². The minimum atomic E-state index is -3.58. The first-order chi connectivity index (χ1) is 13.4. The van der Waals surface area contributed by atoms with Gasteiger partial charge in [0.05, 0.1) is 5.69 Å². The summed E-state index contributed by atoms with van der Waals surface area (Å²) in [6.45, 7) is 1.83. The summed E-state index contributed by atoms with van der Waals surface area (Å²) in [7, 11) is -2.08. The maximum absolute atomic E-state index is 12.5. The minimum absolute atomic E-state index is 0.142. The molecule has 1 heterocycles. The summed E-state index contributed by atoms with van der Waals surface area (Å²) in [5.74, 6) is 0.204. The van der Waals surface area contributed by atoms with Gasteiger partial charge < -0.3 is 10.1 Å². The molecular formula is C20H20N2O4S2. The smallest absolute Gasteiger partial charge is 0.273 e. The van der Waals surface area contributed by atoms with Crippen LogP contribution in [0.5, 0.6) is 5.75 Å². The second kappa shape index (κ2) is 8.45. The van der Waals surface area contributed by atoms with E-state index in [1.54, 1.807) is 41.8 Å². The van der Waals surface area contributed by atoms with Crippen molar-refractivity contribution in [2.24, 2.45) is 0 Å². The first kappa shape index (κ1) is 19.9. The molecular weight excluding hydrogens is 396 g/mol. The number of sulfonamides is 1. The van der Waals surface area contributed by atoms with Gasteiger partial charge in [-0.3, -0.25) is 9.10 Å². The molecule has 0 saturated heterocycles. The van der Waals surface area contributed by atoms with Crippen molar-refractivity contribution in [3.63, 3.8) is 0 Å². The van der Waals surface area contributed by atoms with Crippen LogP contribution in [0.1, 0.15) is 5.56 Å². The Morgan fingerprint density at radius 2 is 1.75 bits per heavy atom. The van der Waals surface area contributed by atoms with Gasteiger partial charge in [0.2, 0.25) is 0 Å². The van der Waals surface area contributed by atoms with Crippen molar-refractivity contribution in [1.82, 2.24) is 0 Å². The molecule has 1 amide bonds. The number of aryl methyl sites for hydroxylation is 1. The van der Waals surface area contributed by atoms with Crippen LogP contribution in [0.3, 0.4) is 0 Å². The number of hydrogen-bond donors (Lipinski definition) is 1. The van der Waals surface area contributed by atoms with Crippen LogP contribution < -0.4 is 14.4 Å². The summed E-state index contributed by atoms with van der Waals surface area (Å²) in [6, 6.07) is 17.3. The van der Waals surface area contributed by atoms with Gasteiger partial charge in [0.25, 0.3) is 15.9 Å². The average molecular weight is 417 g/mol. The number of hydrogen-bond acceptors (Lipinski definition) is 5. The maximum atomic E-state index is 12.5. The normalized spacial score (nSPS) is 11.1. The summed E-state index contributed by atoms with van der Waals surface area (Å²) >= 11 is 1.17. The second-order valence-corrected chi connectivity index (χ2v) is 9.25. The van der Waals surface area contributed by atoms with Gasteiger partial charge in [-0.05, 0) is 54.8 Å². The van der Waals surface area contributed by atoms with Crippen molar-refractivity contribution >= 4 is 38.6 Å². The predicted molar refractivity (Wildman–Crippen MR) is 112 cm³/mol. The lowest BCUT2D eigenvalue weighted by Gasteiger charge is -2.18. The number of rotatable bonds is 7. The first-order valence-corrected chi connectivity index (χ1v) is 10.8. The Labute approximate surface area is 168 Å². The van der Waals surface area contributed by atoms with Crippen molar-refractivity contribution in [2.75, 3.05) is 23.3 Å². The molecule has 0 aliphatic carbocycles. The SMILES string of the molecule is Cc1ccc(NC(=O)COc2ccc(N(C)S(=O)(=O)c3cccs3)cc2)cc1. The van der Waals surface area contributed by atoms with E-state index in [0.29, 0.717) is 17.1 Å². The summed E-state index contributed by atoms with van der Waals surface area (Å²) in [4.78, 5) is 12.0. The van der Waals surface area contributed by atoms with Gasteiger partial charge in [-0.25, -0.2) is 8.42 Å². The van der Waals surface area contributed by atoms with E-state index >= 15 is 0 Å². The Bertz CT molecular complexity index is 1030. The van der Waals surface area contributed by atoms with Crippen LogP contribution in [0.15, 0.2) is 70.3 Å². The lowest BCUT2D eigenvalue weighted by Crippen LogP contribution is -2.25. The standard InChI is InChI=1S/C20H20N2O4S2/c1-15-5-7-16(8-6-15)21-19(23)14-26-18-11-9-17(10-12-18)22(2)28(24,25)20-4-3-13-27-20/h3-13H,14H2,1-2H3,(H,21,23). The fraction of sp³-hybridized carbons (Fsp3) is 0.150. The number of thiophene rings is 1. The second-order valence-electron chi connectivity index (χ2n) is 6.10. The molecule has 8 heteroatoms. The molecule has 0 fully saturated rings. The third-order valence-electron chi connectivity index (χ3n) is 4.02. The van der Waals surface area contributed by atoms with Crippen molar-refractivity contribution in [2.45, 2.75) is 11.1 Å². The lowest BCUT2D eigenvalue weighted by atomic mass is 10.2. The van der Waals surface area contributed by atoms with Crippen LogP contribution in [-0.2, 0) is 14.8 Å². The van der Waals surface area contributed by atoms with E-state index in [-0.39, 0.29) is 16.7 Å². The number of carbonyl (C=O) groups is 1. The molecule has 0 unspecified atom stereocenters.